The number of hydrogen-bond donors (Lipinski definition) is 1. The van der Waals surface area contributed by atoms with Crippen LogP contribution in [0.25, 0.3) is 0 Å². The van der Waals surface area contributed by atoms with Gasteiger partial charge in [0.15, 0.2) is 0 Å². The molecule has 0 bridgehead atoms. The van der Waals surface area contributed by atoms with Gasteiger partial charge in [-0.25, -0.2) is 0 Å². The lowest BCUT2D eigenvalue weighted by Crippen LogP contribution is -2.48. The summed E-state index contributed by atoms with van der Waals surface area (Å²) in [4.78, 5) is 11.8. The van der Waals surface area contributed by atoms with Gasteiger partial charge >= 0.3 is 6.41 Å². The Morgan fingerprint density at radius 3 is 3.09 bits per heavy atom. The van der Waals surface area contributed by atoms with E-state index >= 15 is 0 Å². The molecule has 11 heavy (non-hydrogen) atoms. The minimum absolute atomic E-state index is 0.119. The molecule has 63 valence electrons. The van der Waals surface area contributed by atoms with Crippen molar-refractivity contribution in [3.05, 3.63) is 0 Å². The first-order chi connectivity index (χ1) is 5.38. The van der Waals surface area contributed by atoms with E-state index in [0.717, 1.165) is 6.54 Å². The topological polar surface area (TPSA) is 41.6 Å². The van der Waals surface area contributed by atoms with Crippen molar-refractivity contribution in [2.45, 2.75) is 13.2 Å². The molecule has 4 nitrogen and oxygen atoms in total. The number of morpholine rings is 1. The van der Waals surface area contributed by atoms with Gasteiger partial charge in [0.2, 0.25) is 0 Å². The molecule has 0 saturated carbocycles. The van der Waals surface area contributed by atoms with Crippen LogP contribution in [0.3, 0.4) is 0 Å². The summed E-state index contributed by atoms with van der Waals surface area (Å²) in [7, 11) is 0. The Bertz CT molecular complexity index is 124. The summed E-state index contributed by atoms with van der Waals surface area (Å²) in [6.07, 6.45) is 1.72. The number of nitrogens with one attached hydrogen (secondary N) is 1. The summed E-state index contributed by atoms with van der Waals surface area (Å²) >= 11 is 0. The third-order valence-electron chi connectivity index (χ3n) is 1.71. The second-order valence-corrected chi connectivity index (χ2v) is 2.41. The van der Waals surface area contributed by atoms with Gasteiger partial charge in [-0.1, -0.05) is 0 Å². The first-order valence-corrected chi connectivity index (χ1v) is 3.85. The van der Waals surface area contributed by atoms with Crippen molar-refractivity contribution in [3.63, 3.8) is 0 Å². The number of ether oxygens (including phenoxy) is 1. The zero-order valence-electron chi connectivity index (χ0n) is 6.67. The molecule has 1 fully saturated rings. The third-order valence-corrected chi connectivity index (χ3v) is 1.71. The van der Waals surface area contributed by atoms with Crippen molar-refractivity contribution in [2.24, 2.45) is 0 Å². The van der Waals surface area contributed by atoms with Gasteiger partial charge in [-0.3, -0.25) is 4.79 Å². The van der Waals surface area contributed by atoms with E-state index in [1.807, 2.05) is 13.3 Å². The van der Waals surface area contributed by atoms with Gasteiger partial charge in [-0.05, 0) is 6.92 Å². The molecular weight excluding hydrogens is 144 g/mol. The minimum Gasteiger partial charge on any atom is -0.356 e. The number of rotatable bonds is 3. The predicted molar refractivity (Wildman–Crippen MR) is 40.7 cm³/mol. The smallest absolute Gasteiger partial charge is 0.314 e. The molecule has 0 spiro atoms. The van der Waals surface area contributed by atoms with Crippen LogP contribution in [0.4, 0.5) is 0 Å². The van der Waals surface area contributed by atoms with Crippen LogP contribution < -0.4 is 5.32 Å². The Morgan fingerprint density at radius 1 is 1.82 bits per heavy atom. The van der Waals surface area contributed by atoms with E-state index in [1.165, 1.54) is 4.90 Å². The van der Waals surface area contributed by atoms with Gasteiger partial charge in [-0.2, -0.15) is 0 Å². The van der Waals surface area contributed by atoms with E-state index < -0.39 is 0 Å². The van der Waals surface area contributed by atoms with Gasteiger partial charge in [0.05, 0.1) is 6.61 Å². The number of nitrogens with zero attached hydrogens (tertiary/aromatic N) is 1. The maximum atomic E-state index is 10.3. The number of carbonyl (C=O) groups excluding carboxylic acids is 1. The summed E-state index contributed by atoms with van der Waals surface area (Å²) in [5.74, 6) is 0. The fourth-order valence-corrected chi connectivity index (χ4v) is 1.08. The lowest BCUT2D eigenvalue weighted by molar-refractivity contribution is -0.0435. The van der Waals surface area contributed by atoms with E-state index in [1.54, 1.807) is 0 Å². The van der Waals surface area contributed by atoms with E-state index in [0.29, 0.717) is 19.7 Å². The standard InChI is InChI=1S/C7H13N2O2/c1-2-9(6-10)7-5-8-3-4-11-7/h7-8H,2-5H2,1H3. The molecule has 0 aromatic carbocycles. The molecule has 1 heterocycles. The van der Waals surface area contributed by atoms with Crippen LogP contribution in [0.5, 0.6) is 0 Å². The molecule has 1 atom stereocenters. The number of amides is 1. The normalized spacial score (nSPS) is 24.6. The second kappa shape index (κ2) is 4.31. The van der Waals surface area contributed by atoms with Crippen LogP contribution in [0.1, 0.15) is 6.92 Å². The molecule has 0 aromatic heterocycles. The number of hydrogen-bond acceptors (Lipinski definition) is 3. The molecule has 1 unspecified atom stereocenters. The molecule has 1 rings (SSSR count). The highest BCUT2D eigenvalue weighted by atomic mass is 16.5. The van der Waals surface area contributed by atoms with Crippen LogP contribution in [-0.2, 0) is 9.53 Å². The zero-order valence-corrected chi connectivity index (χ0v) is 6.67. The Labute approximate surface area is 66.5 Å². The summed E-state index contributed by atoms with van der Waals surface area (Å²) < 4.78 is 5.32. The van der Waals surface area contributed by atoms with Crippen LogP contribution in [0.15, 0.2) is 0 Å². The third kappa shape index (κ3) is 2.17. The van der Waals surface area contributed by atoms with Gasteiger partial charge in [-0.15, -0.1) is 0 Å². The predicted octanol–water partition coefficient (Wildman–Crippen LogP) is -0.679. The van der Waals surface area contributed by atoms with Gasteiger partial charge < -0.3 is 15.0 Å². The minimum atomic E-state index is -0.119. The second-order valence-electron chi connectivity index (χ2n) is 2.41. The van der Waals surface area contributed by atoms with E-state index in [4.69, 9.17) is 4.74 Å². The fourth-order valence-electron chi connectivity index (χ4n) is 1.08. The first-order valence-electron chi connectivity index (χ1n) is 3.85. The molecule has 1 radical (unpaired) electrons. The quantitative estimate of drug-likeness (QED) is 0.552. The van der Waals surface area contributed by atoms with E-state index in [-0.39, 0.29) is 6.23 Å². The van der Waals surface area contributed by atoms with Crippen LogP contribution in [0, 0.1) is 0 Å². The average Bonchev–Trinajstić information content (AvgIpc) is 2.09. The Balaban J connectivity index is 2.35. The highest BCUT2D eigenvalue weighted by Gasteiger charge is 2.18. The van der Waals surface area contributed by atoms with Gasteiger partial charge in [0, 0.05) is 19.6 Å². The van der Waals surface area contributed by atoms with Crippen molar-refractivity contribution in [3.8, 4) is 0 Å². The highest BCUT2D eigenvalue weighted by Crippen LogP contribution is 2.00. The molecule has 1 aliphatic heterocycles. The molecule has 1 saturated heterocycles. The summed E-state index contributed by atoms with van der Waals surface area (Å²) in [5.41, 5.74) is 0. The molecular formula is C7H13N2O2. The SMILES string of the molecule is CCN([C]=O)C1CNCCO1. The largest absolute Gasteiger partial charge is 0.356 e. The number of likely N-dealkylation sites (N-methyl/N-ethyl adjacent to an activating group) is 1. The molecule has 0 aliphatic carbocycles. The lowest BCUT2D eigenvalue weighted by Gasteiger charge is -2.30. The maximum absolute atomic E-state index is 10.3. The van der Waals surface area contributed by atoms with E-state index in [9.17, 15) is 4.79 Å². The van der Waals surface area contributed by atoms with Gasteiger partial charge in [0.25, 0.3) is 0 Å². The van der Waals surface area contributed by atoms with Crippen molar-refractivity contribution < 1.29 is 9.53 Å². The summed E-state index contributed by atoms with van der Waals surface area (Å²) in [6.45, 7) is 4.80. The average molecular weight is 157 g/mol. The summed E-state index contributed by atoms with van der Waals surface area (Å²) in [5, 5.41) is 3.14. The molecule has 1 N–H and O–H groups in total. The highest BCUT2D eigenvalue weighted by molar-refractivity contribution is 5.48. The van der Waals surface area contributed by atoms with E-state index in [2.05, 4.69) is 5.32 Å². The first kappa shape index (κ1) is 8.49. The Hall–Kier alpha value is -0.610. The van der Waals surface area contributed by atoms with Gasteiger partial charge in [0.1, 0.15) is 6.23 Å². The van der Waals surface area contributed by atoms with Crippen molar-refractivity contribution in [2.75, 3.05) is 26.2 Å². The molecule has 4 heteroatoms. The maximum Gasteiger partial charge on any atom is 0.314 e. The Morgan fingerprint density at radius 2 is 2.64 bits per heavy atom. The van der Waals surface area contributed by atoms with Crippen LogP contribution >= 0.6 is 0 Å². The molecule has 1 amide bonds. The fraction of sp³-hybridized carbons (Fsp3) is 0.857. The summed E-state index contributed by atoms with van der Waals surface area (Å²) in [6, 6.07) is 0. The molecule has 1 aliphatic rings. The van der Waals surface area contributed by atoms with Crippen LogP contribution in [0.2, 0.25) is 0 Å². The van der Waals surface area contributed by atoms with Crippen molar-refractivity contribution >= 4 is 6.41 Å². The zero-order chi connectivity index (χ0) is 8.10. The van der Waals surface area contributed by atoms with Crippen LogP contribution in [-0.4, -0.2) is 43.8 Å². The monoisotopic (exact) mass is 157 g/mol. The Kier molecular flexibility index (Phi) is 3.32. The van der Waals surface area contributed by atoms with Crippen molar-refractivity contribution in [1.82, 2.24) is 10.2 Å². The lowest BCUT2D eigenvalue weighted by atomic mass is 10.4. The molecule has 0 aromatic rings. The van der Waals surface area contributed by atoms with Crippen molar-refractivity contribution in [1.29, 1.82) is 0 Å².